The Morgan fingerprint density at radius 2 is 1.58 bits per heavy atom. The topological polar surface area (TPSA) is 59.8 Å². The number of nitrogens with one attached hydrogen (secondary N) is 1. The van der Waals surface area contributed by atoms with Gasteiger partial charge < -0.3 is 5.32 Å². The predicted octanol–water partition coefficient (Wildman–Crippen LogP) is 4.69. The second-order valence-electron chi connectivity index (χ2n) is 7.16. The Hall–Kier alpha value is -3.38. The summed E-state index contributed by atoms with van der Waals surface area (Å²) in [5.41, 5.74) is 4.45. The van der Waals surface area contributed by atoms with E-state index in [1.807, 2.05) is 77.4 Å². The maximum absolute atomic E-state index is 12.4. The highest BCUT2D eigenvalue weighted by Crippen LogP contribution is 2.27. The number of benzene rings is 3. The Morgan fingerprint density at radius 3 is 2.32 bits per heavy atom. The third-order valence-corrected chi connectivity index (χ3v) is 5.92. The van der Waals surface area contributed by atoms with Crippen LogP contribution in [0.3, 0.4) is 0 Å². The lowest BCUT2D eigenvalue weighted by atomic mass is 10.1. The van der Waals surface area contributed by atoms with Crippen LogP contribution < -0.4 is 5.32 Å². The van der Waals surface area contributed by atoms with Crippen LogP contribution in [0.1, 0.15) is 11.1 Å². The molecule has 0 saturated heterocycles. The summed E-state index contributed by atoms with van der Waals surface area (Å²) < 4.78 is 2.00. The van der Waals surface area contributed by atoms with Crippen molar-refractivity contribution in [2.75, 3.05) is 12.3 Å². The molecule has 5 nitrogen and oxygen atoms in total. The maximum atomic E-state index is 12.4. The molecule has 0 unspecified atom stereocenters. The lowest BCUT2D eigenvalue weighted by Gasteiger charge is -2.10. The van der Waals surface area contributed by atoms with Gasteiger partial charge in [-0.1, -0.05) is 84.6 Å². The zero-order valence-corrected chi connectivity index (χ0v) is 18.2. The Morgan fingerprint density at radius 1 is 0.903 bits per heavy atom. The second kappa shape index (κ2) is 10.1. The van der Waals surface area contributed by atoms with Crippen LogP contribution in [0.15, 0.2) is 90.1 Å². The number of carbonyl (C=O) groups excluding carboxylic acids is 1. The number of para-hydroxylation sites is 1. The molecule has 0 spiro atoms. The first-order valence-electron chi connectivity index (χ1n) is 10.2. The molecule has 1 aromatic heterocycles. The van der Waals surface area contributed by atoms with Crippen LogP contribution in [0.25, 0.3) is 17.1 Å². The number of hydrogen-bond acceptors (Lipinski definition) is 4. The van der Waals surface area contributed by atoms with E-state index in [0.717, 1.165) is 23.5 Å². The molecular formula is C25H24N4OS. The van der Waals surface area contributed by atoms with E-state index in [2.05, 4.69) is 34.6 Å². The van der Waals surface area contributed by atoms with E-state index in [1.165, 1.54) is 22.9 Å². The highest BCUT2D eigenvalue weighted by molar-refractivity contribution is 7.99. The van der Waals surface area contributed by atoms with E-state index in [-0.39, 0.29) is 11.7 Å². The zero-order chi connectivity index (χ0) is 21.5. The van der Waals surface area contributed by atoms with Gasteiger partial charge in [-0.05, 0) is 36.6 Å². The Labute approximate surface area is 186 Å². The van der Waals surface area contributed by atoms with Crippen LogP contribution in [0.4, 0.5) is 0 Å². The average Bonchev–Trinajstić information content (AvgIpc) is 3.24. The first-order valence-corrected chi connectivity index (χ1v) is 11.2. The maximum Gasteiger partial charge on any atom is 0.230 e. The number of nitrogens with zero attached hydrogens (tertiary/aromatic N) is 3. The number of hydrogen-bond donors (Lipinski definition) is 1. The molecular weight excluding hydrogens is 404 g/mol. The van der Waals surface area contributed by atoms with Gasteiger partial charge in [0.2, 0.25) is 5.91 Å². The van der Waals surface area contributed by atoms with Crippen LogP contribution in [0, 0.1) is 6.92 Å². The molecule has 0 atom stereocenters. The Bertz CT molecular complexity index is 1140. The molecule has 4 aromatic rings. The fourth-order valence-electron chi connectivity index (χ4n) is 3.36. The molecule has 0 aliphatic rings. The van der Waals surface area contributed by atoms with Gasteiger partial charge in [0.25, 0.3) is 0 Å². The molecule has 1 amide bonds. The van der Waals surface area contributed by atoms with Gasteiger partial charge in [-0.3, -0.25) is 9.36 Å². The van der Waals surface area contributed by atoms with Crippen molar-refractivity contribution in [1.29, 1.82) is 0 Å². The average molecular weight is 429 g/mol. The fourth-order valence-corrected chi connectivity index (χ4v) is 4.14. The van der Waals surface area contributed by atoms with E-state index < -0.39 is 0 Å². The molecule has 156 valence electrons. The zero-order valence-electron chi connectivity index (χ0n) is 17.4. The number of aryl methyl sites for hydroxylation is 1. The van der Waals surface area contributed by atoms with Crippen molar-refractivity contribution in [1.82, 2.24) is 20.1 Å². The Balaban J connectivity index is 1.44. The van der Waals surface area contributed by atoms with E-state index >= 15 is 0 Å². The van der Waals surface area contributed by atoms with E-state index in [0.29, 0.717) is 11.7 Å². The van der Waals surface area contributed by atoms with Gasteiger partial charge in [0.1, 0.15) is 0 Å². The van der Waals surface area contributed by atoms with Crippen LogP contribution in [-0.4, -0.2) is 33.0 Å². The quantitative estimate of drug-likeness (QED) is 0.414. The highest BCUT2D eigenvalue weighted by Gasteiger charge is 2.17. The van der Waals surface area contributed by atoms with Gasteiger partial charge in [-0.25, -0.2) is 0 Å². The summed E-state index contributed by atoms with van der Waals surface area (Å²) in [5.74, 6) is 1.03. The number of aromatic nitrogens is 3. The lowest BCUT2D eigenvalue weighted by molar-refractivity contribution is -0.118. The molecule has 4 rings (SSSR count). The van der Waals surface area contributed by atoms with Crippen LogP contribution in [0.5, 0.6) is 0 Å². The summed E-state index contributed by atoms with van der Waals surface area (Å²) in [4.78, 5) is 12.4. The van der Waals surface area contributed by atoms with Gasteiger partial charge >= 0.3 is 0 Å². The van der Waals surface area contributed by atoms with E-state index in [4.69, 9.17) is 0 Å². The fraction of sp³-hybridized carbons (Fsp3) is 0.160. The van der Waals surface area contributed by atoms with Crippen molar-refractivity contribution in [2.24, 2.45) is 0 Å². The molecule has 0 bridgehead atoms. The number of carbonyl (C=O) groups is 1. The van der Waals surface area contributed by atoms with Crippen molar-refractivity contribution >= 4 is 17.7 Å². The molecule has 0 fully saturated rings. The van der Waals surface area contributed by atoms with Crippen molar-refractivity contribution < 1.29 is 4.79 Å². The largest absolute Gasteiger partial charge is 0.355 e. The van der Waals surface area contributed by atoms with Crippen molar-refractivity contribution in [3.8, 4) is 17.1 Å². The van der Waals surface area contributed by atoms with E-state index in [1.54, 1.807) is 0 Å². The summed E-state index contributed by atoms with van der Waals surface area (Å²) >= 11 is 1.39. The minimum absolute atomic E-state index is 0.0116. The van der Waals surface area contributed by atoms with Gasteiger partial charge in [-0.2, -0.15) is 0 Å². The highest BCUT2D eigenvalue weighted by atomic mass is 32.2. The van der Waals surface area contributed by atoms with Crippen molar-refractivity contribution in [3.05, 3.63) is 96.1 Å². The van der Waals surface area contributed by atoms with Gasteiger partial charge in [0, 0.05) is 17.8 Å². The smallest absolute Gasteiger partial charge is 0.230 e. The standard InChI is InChI=1S/C25H24N4OS/c1-19-10-8-9-11-20(19)16-17-26-23(30)18-31-25-28-27-24(21-12-4-2-5-13-21)29(25)22-14-6-3-7-15-22/h2-15H,16-18H2,1H3,(H,26,30). The molecule has 6 heteroatoms. The van der Waals surface area contributed by atoms with E-state index in [9.17, 15) is 4.79 Å². The third-order valence-electron chi connectivity index (χ3n) is 4.99. The molecule has 3 aromatic carbocycles. The molecule has 31 heavy (non-hydrogen) atoms. The van der Waals surface area contributed by atoms with Crippen LogP contribution in [-0.2, 0) is 11.2 Å². The van der Waals surface area contributed by atoms with Crippen LogP contribution in [0.2, 0.25) is 0 Å². The molecule has 0 aliphatic carbocycles. The normalized spacial score (nSPS) is 10.7. The monoisotopic (exact) mass is 428 g/mol. The second-order valence-corrected chi connectivity index (χ2v) is 8.10. The Kier molecular flexibility index (Phi) is 6.79. The molecule has 1 N–H and O–H groups in total. The summed E-state index contributed by atoms with van der Waals surface area (Å²) in [5, 5.41) is 12.5. The van der Waals surface area contributed by atoms with Crippen LogP contribution >= 0.6 is 11.8 Å². The minimum atomic E-state index is -0.0116. The summed E-state index contributed by atoms with van der Waals surface area (Å²) in [6, 6.07) is 28.2. The first-order chi connectivity index (χ1) is 15.2. The summed E-state index contributed by atoms with van der Waals surface area (Å²) in [6.07, 6.45) is 0.821. The lowest BCUT2D eigenvalue weighted by Crippen LogP contribution is -2.27. The molecule has 0 aliphatic heterocycles. The number of rotatable bonds is 8. The summed E-state index contributed by atoms with van der Waals surface area (Å²) in [6.45, 7) is 2.71. The molecule has 1 heterocycles. The third kappa shape index (κ3) is 5.22. The predicted molar refractivity (Wildman–Crippen MR) is 125 cm³/mol. The first kappa shape index (κ1) is 20.9. The summed E-state index contributed by atoms with van der Waals surface area (Å²) in [7, 11) is 0. The van der Waals surface area contributed by atoms with Gasteiger partial charge in [0.05, 0.1) is 5.75 Å². The SMILES string of the molecule is Cc1ccccc1CCNC(=O)CSc1nnc(-c2ccccc2)n1-c1ccccc1. The minimum Gasteiger partial charge on any atom is -0.355 e. The molecule has 0 saturated carbocycles. The number of amides is 1. The van der Waals surface area contributed by atoms with Gasteiger partial charge in [-0.15, -0.1) is 10.2 Å². The molecule has 0 radical (unpaired) electrons. The van der Waals surface area contributed by atoms with Gasteiger partial charge in [0.15, 0.2) is 11.0 Å². The van der Waals surface area contributed by atoms with Crippen molar-refractivity contribution in [2.45, 2.75) is 18.5 Å². The van der Waals surface area contributed by atoms with Crippen molar-refractivity contribution in [3.63, 3.8) is 0 Å². The number of thioether (sulfide) groups is 1.